The molecule has 37 heavy (non-hydrogen) atoms. The number of para-hydroxylation sites is 1. The molecular weight excluding hydrogens is 489 g/mol. The standard InChI is InChI=1S/C26H27F3N4O4/c1-36-21-12-13-22(23(17-21)37-2)32-24(34)30-14-7-15-33(20-10-4-3-5-11-20)25(35)31-19-9-6-8-18(16-19)26(27,28)29/h3-6,8-13,16-17H,7,14-15H2,1-2H3,(H,31,35)(H2,30,32,34). The highest BCUT2D eigenvalue weighted by Gasteiger charge is 2.30. The predicted octanol–water partition coefficient (Wildman–Crippen LogP) is 5.97. The van der Waals surface area contributed by atoms with Crippen LogP contribution >= 0.6 is 0 Å². The van der Waals surface area contributed by atoms with Crippen molar-refractivity contribution in [3.05, 3.63) is 78.4 Å². The fraction of sp³-hybridized carbons (Fsp3) is 0.231. The van der Waals surface area contributed by atoms with Crippen molar-refractivity contribution in [3.8, 4) is 11.5 Å². The van der Waals surface area contributed by atoms with Crippen molar-refractivity contribution < 1.29 is 32.2 Å². The van der Waals surface area contributed by atoms with Gasteiger partial charge in [-0.25, -0.2) is 9.59 Å². The molecule has 0 atom stereocenters. The van der Waals surface area contributed by atoms with E-state index < -0.39 is 23.8 Å². The van der Waals surface area contributed by atoms with Gasteiger partial charge in [-0.05, 0) is 48.9 Å². The number of halogens is 3. The first kappa shape index (κ1) is 27.2. The van der Waals surface area contributed by atoms with E-state index in [4.69, 9.17) is 9.47 Å². The molecule has 0 unspecified atom stereocenters. The summed E-state index contributed by atoms with van der Waals surface area (Å²) in [5, 5.41) is 7.92. The van der Waals surface area contributed by atoms with Gasteiger partial charge in [0.25, 0.3) is 0 Å². The zero-order valence-corrected chi connectivity index (χ0v) is 20.3. The van der Waals surface area contributed by atoms with Crippen LogP contribution in [-0.2, 0) is 6.18 Å². The predicted molar refractivity (Wildman–Crippen MR) is 135 cm³/mol. The first-order chi connectivity index (χ1) is 17.7. The molecule has 0 spiro atoms. The molecule has 0 aliphatic carbocycles. The monoisotopic (exact) mass is 516 g/mol. The summed E-state index contributed by atoms with van der Waals surface area (Å²) in [5.41, 5.74) is 0.165. The number of anilines is 3. The molecule has 0 saturated heterocycles. The molecule has 0 aliphatic rings. The Hall–Kier alpha value is -4.41. The molecule has 3 aromatic rings. The third-order valence-corrected chi connectivity index (χ3v) is 5.26. The van der Waals surface area contributed by atoms with Crippen LogP contribution in [-0.4, -0.2) is 39.4 Å². The van der Waals surface area contributed by atoms with E-state index >= 15 is 0 Å². The van der Waals surface area contributed by atoms with E-state index in [1.807, 2.05) is 0 Å². The van der Waals surface area contributed by atoms with Crippen LogP contribution in [0.25, 0.3) is 0 Å². The normalized spacial score (nSPS) is 10.8. The average molecular weight is 517 g/mol. The Kier molecular flexibility index (Phi) is 9.20. The molecule has 4 amide bonds. The Bertz CT molecular complexity index is 1210. The SMILES string of the molecule is COc1ccc(NC(=O)NCCCN(C(=O)Nc2cccc(C(F)(F)F)c2)c2ccccc2)c(OC)c1. The summed E-state index contributed by atoms with van der Waals surface area (Å²) in [7, 11) is 2.99. The van der Waals surface area contributed by atoms with Crippen molar-refractivity contribution in [1.82, 2.24) is 5.32 Å². The summed E-state index contributed by atoms with van der Waals surface area (Å²) in [4.78, 5) is 26.7. The second kappa shape index (κ2) is 12.5. The Morgan fingerprint density at radius 2 is 1.65 bits per heavy atom. The van der Waals surface area contributed by atoms with Crippen LogP contribution in [0.5, 0.6) is 11.5 Å². The molecular formula is C26H27F3N4O4. The van der Waals surface area contributed by atoms with Crippen LogP contribution < -0.4 is 30.3 Å². The number of methoxy groups -OCH3 is 2. The molecule has 0 aliphatic heterocycles. The maximum Gasteiger partial charge on any atom is 0.416 e. The van der Waals surface area contributed by atoms with Gasteiger partial charge < -0.3 is 25.4 Å². The minimum absolute atomic E-state index is 0.0201. The summed E-state index contributed by atoms with van der Waals surface area (Å²) in [6.45, 7) is 0.422. The van der Waals surface area contributed by atoms with Gasteiger partial charge in [-0.15, -0.1) is 0 Å². The van der Waals surface area contributed by atoms with E-state index in [1.165, 1.54) is 31.3 Å². The maximum absolute atomic E-state index is 13.0. The van der Waals surface area contributed by atoms with Crippen LogP contribution in [0.2, 0.25) is 0 Å². The smallest absolute Gasteiger partial charge is 0.416 e. The number of alkyl halides is 3. The average Bonchev–Trinajstić information content (AvgIpc) is 2.89. The van der Waals surface area contributed by atoms with Crippen molar-refractivity contribution in [1.29, 1.82) is 0 Å². The fourth-order valence-electron chi connectivity index (χ4n) is 3.43. The number of benzene rings is 3. The Morgan fingerprint density at radius 1 is 0.892 bits per heavy atom. The number of carbonyl (C=O) groups is 2. The van der Waals surface area contributed by atoms with Gasteiger partial charge in [0.05, 0.1) is 25.5 Å². The zero-order valence-electron chi connectivity index (χ0n) is 20.3. The van der Waals surface area contributed by atoms with Gasteiger partial charge in [0.1, 0.15) is 11.5 Å². The molecule has 0 saturated carbocycles. The van der Waals surface area contributed by atoms with Crippen LogP contribution in [0.3, 0.4) is 0 Å². The van der Waals surface area contributed by atoms with Crippen LogP contribution in [0.15, 0.2) is 72.8 Å². The quantitative estimate of drug-likeness (QED) is 0.306. The number of hydrogen-bond donors (Lipinski definition) is 3. The molecule has 0 aromatic heterocycles. The largest absolute Gasteiger partial charge is 0.497 e. The topological polar surface area (TPSA) is 91.9 Å². The third-order valence-electron chi connectivity index (χ3n) is 5.26. The number of nitrogens with zero attached hydrogens (tertiary/aromatic N) is 1. The zero-order chi connectivity index (χ0) is 26.8. The maximum atomic E-state index is 13.0. The van der Waals surface area contributed by atoms with Gasteiger partial charge in [0.2, 0.25) is 0 Å². The molecule has 11 heteroatoms. The number of amides is 4. The number of ether oxygens (including phenoxy) is 2. The number of nitrogens with one attached hydrogen (secondary N) is 3. The summed E-state index contributed by atoms with van der Waals surface area (Å²) < 4.78 is 49.5. The molecule has 8 nitrogen and oxygen atoms in total. The van der Waals surface area contributed by atoms with Crippen LogP contribution in [0.1, 0.15) is 12.0 Å². The van der Waals surface area contributed by atoms with E-state index in [0.717, 1.165) is 12.1 Å². The Morgan fingerprint density at radius 3 is 2.32 bits per heavy atom. The highest BCUT2D eigenvalue weighted by atomic mass is 19.4. The molecule has 0 fully saturated rings. The third kappa shape index (κ3) is 7.79. The number of urea groups is 2. The Balaban J connectivity index is 1.60. The van der Waals surface area contributed by atoms with Gasteiger partial charge in [0.15, 0.2) is 0 Å². The lowest BCUT2D eigenvalue weighted by molar-refractivity contribution is -0.137. The van der Waals surface area contributed by atoms with Crippen LogP contribution in [0.4, 0.5) is 39.8 Å². The van der Waals surface area contributed by atoms with Crippen molar-refractivity contribution in [2.24, 2.45) is 0 Å². The summed E-state index contributed by atoms with van der Waals surface area (Å²) in [6, 6.07) is 17.0. The lowest BCUT2D eigenvalue weighted by Crippen LogP contribution is -2.38. The second-order valence-corrected chi connectivity index (χ2v) is 7.80. The Labute approximate surface area is 212 Å². The van der Waals surface area contributed by atoms with Gasteiger partial charge in [0, 0.05) is 30.5 Å². The van der Waals surface area contributed by atoms with Gasteiger partial charge in [-0.3, -0.25) is 4.90 Å². The van der Waals surface area contributed by atoms with E-state index in [1.54, 1.807) is 48.5 Å². The fourth-order valence-corrected chi connectivity index (χ4v) is 3.43. The van der Waals surface area contributed by atoms with Crippen molar-refractivity contribution >= 4 is 29.1 Å². The summed E-state index contributed by atoms with van der Waals surface area (Å²) in [5.74, 6) is 1.00. The number of hydrogen-bond acceptors (Lipinski definition) is 4. The van der Waals surface area contributed by atoms with Crippen molar-refractivity contribution in [2.45, 2.75) is 12.6 Å². The van der Waals surface area contributed by atoms with Crippen molar-refractivity contribution in [3.63, 3.8) is 0 Å². The molecule has 3 aromatic carbocycles. The van der Waals surface area contributed by atoms with Crippen LogP contribution in [0, 0.1) is 0 Å². The highest BCUT2D eigenvalue weighted by Crippen LogP contribution is 2.31. The van der Waals surface area contributed by atoms with Gasteiger partial charge >= 0.3 is 18.2 Å². The summed E-state index contributed by atoms with van der Waals surface area (Å²) in [6.07, 6.45) is -4.15. The van der Waals surface area contributed by atoms with E-state index in [2.05, 4.69) is 16.0 Å². The lowest BCUT2D eigenvalue weighted by atomic mass is 10.2. The summed E-state index contributed by atoms with van der Waals surface area (Å²) >= 11 is 0. The number of rotatable bonds is 9. The lowest BCUT2D eigenvalue weighted by Gasteiger charge is -2.23. The van der Waals surface area contributed by atoms with E-state index in [-0.39, 0.29) is 18.8 Å². The van der Waals surface area contributed by atoms with Gasteiger partial charge in [-0.1, -0.05) is 24.3 Å². The molecule has 196 valence electrons. The molecule has 0 bridgehead atoms. The highest BCUT2D eigenvalue weighted by molar-refractivity contribution is 6.01. The molecule has 0 heterocycles. The number of carbonyl (C=O) groups excluding carboxylic acids is 2. The first-order valence-corrected chi connectivity index (χ1v) is 11.3. The van der Waals surface area contributed by atoms with Gasteiger partial charge in [-0.2, -0.15) is 13.2 Å². The molecule has 3 rings (SSSR count). The first-order valence-electron chi connectivity index (χ1n) is 11.3. The molecule has 3 N–H and O–H groups in total. The minimum Gasteiger partial charge on any atom is -0.497 e. The molecule has 0 radical (unpaired) electrons. The van der Waals surface area contributed by atoms with E-state index in [9.17, 15) is 22.8 Å². The van der Waals surface area contributed by atoms with E-state index in [0.29, 0.717) is 29.3 Å². The second-order valence-electron chi connectivity index (χ2n) is 7.80. The van der Waals surface area contributed by atoms with Crippen molar-refractivity contribution in [2.75, 3.05) is 42.8 Å². The minimum atomic E-state index is -4.53.